The fourth-order valence-corrected chi connectivity index (χ4v) is 2.42. The zero-order valence-electron chi connectivity index (χ0n) is 11.1. The second kappa shape index (κ2) is 4.81. The van der Waals surface area contributed by atoms with E-state index in [-0.39, 0.29) is 0 Å². The molecule has 0 fully saturated rings. The van der Waals surface area contributed by atoms with Gasteiger partial charge >= 0.3 is 0 Å². The van der Waals surface area contributed by atoms with Crippen molar-refractivity contribution in [1.82, 2.24) is 0 Å². The maximum absolute atomic E-state index is 5.55. The molecule has 0 amide bonds. The lowest BCUT2D eigenvalue weighted by molar-refractivity contribution is 0.340. The van der Waals surface area contributed by atoms with E-state index in [1.54, 1.807) is 0 Å². The summed E-state index contributed by atoms with van der Waals surface area (Å²) in [4.78, 5) is 0. The van der Waals surface area contributed by atoms with E-state index in [4.69, 9.17) is 4.74 Å². The molecule has 0 spiro atoms. The molecule has 0 unspecified atom stereocenters. The maximum Gasteiger partial charge on any atom is 0.119 e. The second-order valence-corrected chi connectivity index (χ2v) is 4.74. The van der Waals surface area contributed by atoms with Crippen molar-refractivity contribution in [2.24, 2.45) is 0 Å². The number of hydrogen-bond donors (Lipinski definition) is 1. The van der Waals surface area contributed by atoms with Crippen LogP contribution in [0.3, 0.4) is 0 Å². The van der Waals surface area contributed by atoms with Crippen molar-refractivity contribution in [3.05, 3.63) is 60.3 Å². The molecule has 0 saturated heterocycles. The van der Waals surface area contributed by atoms with Crippen LogP contribution in [0.2, 0.25) is 0 Å². The van der Waals surface area contributed by atoms with Gasteiger partial charge in [-0.25, -0.2) is 0 Å². The van der Waals surface area contributed by atoms with Gasteiger partial charge in [-0.1, -0.05) is 30.8 Å². The average molecular weight is 251 g/mol. The van der Waals surface area contributed by atoms with Gasteiger partial charge in [0.25, 0.3) is 0 Å². The summed E-state index contributed by atoms with van der Waals surface area (Å²) in [7, 11) is 0. The predicted molar refractivity (Wildman–Crippen MR) is 79.5 cm³/mol. The number of allylic oxidation sites excluding steroid dienone is 1. The predicted octanol–water partition coefficient (Wildman–Crippen LogP) is 4.23. The van der Waals surface area contributed by atoms with Crippen LogP contribution in [0.5, 0.6) is 5.75 Å². The highest BCUT2D eigenvalue weighted by Crippen LogP contribution is 2.32. The monoisotopic (exact) mass is 251 g/mol. The topological polar surface area (TPSA) is 21.3 Å². The lowest BCUT2D eigenvalue weighted by Crippen LogP contribution is -1.91. The first-order valence-electron chi connectivity index (χ1n) is 6.57. The molecular weight excluding hydrogens is 234 g/mol. The molecule has 1 N–H and O–H groups in total. The van der Waals surface area contributed by atoms with Crippen molar-refractivity contribution in [3.63, 3.8) is 0 Å². The third-order valence-corrected chi connectivity index (χ3v) is 3.30. The Morgan fingerprint density at radius 2 is 2.00 bits per heavy atom. The second-order valence-electron chi connectivity index (χ2n) is 4.74. The van der Waals surface area contributed by atoms with Gasteiger partial charge < -0.3 is 10.1 Å². The lowest BCUT2D eigenvalue weighted by atomic mass is 10.0. The molecule has 2 aromatic carbocycles. The normalized spacial score (nSPS) is 13.0. The van der Waals surface area contributed by atoms with E-state index in [0.717, 1.165) is 17.9 Å². The molecule has 0 bridgehead atoms. The van der Waals surface area contributed by atoms with E-state index < -0.39 is 0 Å². The number of nitrogens with one attached hydrogen (secondary N) is 1. The van der Waals surface area contributed by atoms with Gasteiger partial charge in [-0.05, 0) is 41.8 Å². The van der Waals surface area contributed by atoms with Crippen molar-refractivity contribution in [1.29, 1.82) is 0 Å². The fraction of sp³-hybridized carbons (Fsp3) is 0.176. The molecule has 2 heteroatoms. The minimum Gasteiger partial charge on any atom is -0.494 e. The molecular formula is C17H17NO. The molecule has 1 heterocycles. The Kier molecular flexibility index (Phi) is 3.00. The highest BCUT2D eigenvalue weighted by atomic mass is 16.5. The highest BCUT2D eigenvalue weighted by molar-refractivity contribution is 5.74. The van der Waals surface area contributed by atoms with Gasteiger partial charge in [0.1, 0.15) is 5.75 Å². The van der Waals surface area contributed by atoms with Gasteiger partial charge in [-0.2, -0.15) is 0 Å². The van der Waals surface area contributed by atoms with E-state index in [2.05, 4.69) is 42.2 Å². The summed E-state index contributed by atoms with van der Waals surface area (Å²) in [6, 6.07) is 14.7. The van der Waals surface area contributed by atoms with Crippen LogP contribution in [0.1, 0.15) is 12.5 Å². The van der Waals surface area contributed by atoms with Gasteiger partial charge in [0.15, 0.2) is 0 Å². The first kappa shape index (κ1) is 11.8. The largest absolute Gasteiger partial charge is 0.494 e. The number of ether oxygens (including phenoxy) is 1. The number of fused-ring (bicyclic) bond motifs is 1. The van der Waals surface area contributed by atoms with Gasteiger partial charge in [-0.15, -0.1) is 0 Å². The number of hydrogen-bond acceptors (Lipinski definition) is 2. The smallest absolute Gasteiger partial charge is 0.119 e. The minimum atomic E-state index is 0.690. The Labute approximate surface area is 113 Å². The summed E-state index contributed by atoms with van der Waals surface area (Å²) in [6.45, 7) is 6.67. The van der Waals surface area contributed by atoms with Crippen LogP contribution in [0.15, 0.2) is 54.7 Å². The van der Waals surface area contributed by atoms with Gasteiger partial charge in [-0.3, -0.25) is 0 Å². The van der Waals surface area contributed by atoms with Crippen LogP contribution in [0, 0.1) is 0 Å². The van der Waals surface area contributed by atoms with E-state index >= 15 is 0 Å². The van der Waals surface area contributed by atoms with Gasteiger partial charge in [0.2, 0.25) is 0 Å². The summed E-state index contributed by atoms with van der Waals surface area (Å²) in [5.41, 5.74) is 5.92. The highest BCUT2D eigenvalue weighted by Gasteiger charge is 2.13. The summed E-state index contributed by atoms with van der Waals surface area (Å²) < 4.78 is 5.55. The molecule has 0 aliphatic carbocycles. The van der Waals surface area contributed by atoms with Crippen LogP contribution < -0.4 is 10.1 Å². The van der Waals surface area contributed by atoms with E-state index in [1.807, 2.05) is 19.1 Å². The Morgan fingerprint density at radius 1 is 1.16 bits per heavy atom. The first-order chi connectivity index (χ1) is 9.26. The van der Waals surface area contributed by atoms with E-state index in [1.165, 1.54) is 22.4 Å². The van der Waals surface area contributed by atoms with Gasteiger partial charge in [0, 0.05) is 17.8 Å². The summed E-state index contributed by atoms with van der Waals surface area (Å²) in [6.07, 6.45) is 0.925. The van der Waals surface area contributed by atoms with Crippen molar-refractivity contribution in [2.45, 2.75) is 13.3 Å². The van der Waals surface area contributed by atoms with E-state index in [0.29, 0.717) is 6.61 Å². The Bertz CT molecular complexity index is 631. The van der Waals surface area contributed by atoms with Gasteiger partial charge in [0.05, 0.1) is 6.61 Å². The standard InChI is InChI=1S/C17H17NO/c1-3-19-16-6-4-5-13(10-16)14-7-8-15-9-12(2)18-17(15)11-14/h4-8,10-11,18H,2-3,9H2,1H3. The molecule has 2 nitrogen and oxygen atoms in total. The molecule has 0 aromatic heterocycles. The maximum atomic E-state index is 5.55. The quantitative estimate of drug-likeness (QED) is 0.881. The number of anilines is 1. The van der Waals surface area contributed by atoms with Crippen LogP contribution >= 0.6 is 0 Å². The van der Waals surface area contributed by atoms with Crippen molar-refractivity contribution in [2.75, 3.05) is 11.9 Å². The Hall–Kier alpha value is -2.22. The van der Waals surface area contributed by atoms with Crippen LogP contribution in [-0.2, 0) is 6.42 Å². The van der Waals surface area contributed by atoms with Crippen molar-refractivity contribution >= 4 is 5.69 Å². The summed E-state index contributed by atoms with van der Waals surface area (Å²) in [5.74, 6) is 0.915. The zero-order valence-corrected chi connectivity index (χ0v) is 11.1. The first-order valence-corrected chi connectivity index (χ1v) is 6.57. The van der Waals surface area contributed by atoms with Crippen LogP contribution in [0.25, 0.3) is 11.1 Å². The molecule has 0 radical (unpaired) electrons. The molecule has 1 aliphatic heterocycles. The summed E-state index contributed by atoms with van der Waals surface area (Å²) >= 11 is 0. The van der Waals surface area contributed by atoms with E-state index in [9.17, 15) is 0 Å². The fourth-order valence-electron chi connectivity index (χ4n) is 2.42. The molecule has 3 rings (SSSR count). The third kappa shape index (κ3) is 2.34. The SMILES string of the molecule is C=C1Cc2ccc(-c3cccc(OCC)c3)cc2N1. The summed E-state index contributed by atoms with van der Waals surface area (Å²) in [5, 5.41) is 3.32. The third-order valence-electron chi connectivity index (χ3n) is 3.30. The molecule has 2 aromatic rings. The molecule has 1 aliphatic rings. The Morgan fingerprint density at radius 3 is 2.84 bits per heavy atom. The van der Waals surface area contributed by atoms with Crippen molar-refractivity contribution in [3.8, 4) is 16.9 Å². The molecule has 19 heavy (non-hydrogen) atoms. The molecule has 96 valence electrons. The number of benzene rings is 2. The molecule has 0 saturated carbocycles. The van der Waals surface area contributed by atoms with Crippen LogP contribution in [-0.4, -0.2) is 6.61 Å². The zero-order chi connectivity index (χ0) is 13.2. The minimum absolute atomic E-state index is 0.690. The average Bonchev–Trinajstić information content (AvgIpc) is 2.78. The number of rotatable bonds is 3. The Balaban J connectivity index is 1.96. The van der Waals surface area contributed by atoms with Crippen molar-refractivity contribution < 1.29 is 4.74 Å². The lowest BCUT2D eigenvalue weighted by Gasteiger charge is -2.08. The molecule has 0 atom stereocenters. The van der Waals surface area contributed by atoms with Crippen LogP contribution in [0.4, 0.5) is 5.69 Å².